The van der Waals surface area contributed by atoms with Crippen molar-refractivity contribution in [1.82, 2.24) is 4.72 Å². The van der Waals surface area contributed by atoms with Crippen molar-refractivity contribution in [3.63, 3.8) is 0 Å². The maximum absolute atomic E-state index is 13.2. The minimum absolute atomic E-state index is 0.0436. The van der Waals surface area contributed by atoms with Crippen LogP contribution in [0, 0.1) is 11.7 Å². The van der Waals surface area contributed by atoms with Gasteiger partial charge in [0.05, 0.1) is 18.1 Å². The molecule has 2 rings (SSSR count). The topological polar surface area (TPSA) is 75.6 Å². The quantitative estimate of drug-likeness (QED) is 0.703. The van der Waals surface area contributed by atoms with Crippen molar-refractivity contribution in [3.05, 3.63) is 29.6 Å². The van der Waals surface area contributed by atoms with Crippen molar-refractivity contribution in [1.29, 1.82) is 0 Å². The third-order valence-corrected chi connectivity index (χ3v) is 4.55. The molecule has 5 nitrogen and oxygen atoms in total. The molecule has 1 fully saturated rings. The van der Waals surface area contributed by atoms with Crippen LogP contribution < -0.4 is 4.72 Å². The molecule has 0 aliphatic heterocycles. The fourth-order valence-corrected chi connectivity index (χ4v) is 2.77. The first-order chi connectivity index (χ1) is 9.53. The van der Waals surface area contributed by atoms with Gasteiger partial charge in [-0.1, -0.05) is 0 Å². The van der Waals surface area contributed by atoms with Crippen molar-refractivity contribution in [2.24, 2.45) is 5.92 Å². The van der Waals surface area contributed by atoms with Gasteiger partial charge in [0.15, 0.2) is 0 Å². The van der Waals surface area contributed by atoms with E-state index in [4.69, 9.17) is 9.84 Å². The molecule has 0 atom stereocenters. The fourth-order valence-electron chi connectivity index (χ4n) is 1.71. The average Bonchev–Trinajstić information content (AvgIpc) is 3.22. The van der Waals surface area contributed by atoms with E-state index in [2.05, 4.69) is 4.72 Å². The summed E-state index contributed by atoms with van der Waals surface area (Å²) in [6.45, 7) is 0.608. The first kappa shape index (κ1) is 15.4. The van der Waals surface area contributed by atoms with Crippen LogP contribution in [0.3, 0.4) is 0 Å². The van der Waals surface area contributed by atoms with E-state index in [9.17, 15) is 12.8 Å². The van der Waals surface area contributed by atoms with E-state index >= 15 is 0 Å². The normalized spacial score (nSPS) is 15.5. The van der Waals surface area contributed by atoms with E-state index in [1.807, 2.05) is 0 Å². The van der Waals surface area contributed by atoms with Gasteiger partial charge in [-0.25, -0.2) is 17.5 Å². The molecule has 112 valence electrons. The molecule has 1 saturated carbocycles. The molecule has 7 heteroatoms. The molecule has 0 amide bonds. The van der Waals surface area contributed by atoms with Gasteiger partial charge in [-0.15, -0.1) is 0 Å². The summed E-state index contributed by atoms with van der Waals surface area (Å²) < 4.78 is 44.8. The van der Waals surface area contributed by atoms with Crippen LogP contribution in [0.4, 0.5) is 4.39 Å². The third kappa shape index (κ3) is 4.24. The number of hydrogen-bond donors (Lipinski definition) is 2. The van der Waals surface area contributed by atoms with Crippen LogP contribution in [-0.2, 0) is 21.4 Å². The number of aliphatic hydroxyl groups is 1. The fraction of sp³-hybridized carbons (Fsp3) is 0.538. The number of ether oxygens (including phenoxy) is 1. The van der Waals surface area contributed by atoms with Gasteiger partial charge in [0, 0.05) is 18.7 Å². The number of rotatable bonds is 8. The maximum atomic E-state index is 13.2. The highest BCUT2D eigenvalue weighted by Crippen LogP contribution is 2.28. The smallest absolute Gasteiger partial charge is 0.240 e. The lowest BCUT2D eigenvalue weighted by atomic mass is 10.2. The SMILES string of the molecule is O=S(=O)(NCCOCC1CC1)c1ccc(F)c(CO)c1. The van der Waals surface area contributed by atoms with Gasteiger partial charge < -0.3 is 9.84 Å². The lowest BCUT2D eigenvalue weighted by Gasteiger charge is -2.08. The van der Waals surface area contributed by atoms with Crippen molar-refractivity contribution < 1.29 is 22.7 Å². The number of aliphatic hydroxyl groups excluding tert-OH is 1. The standard InChI is InChI=1S/C13H18FNO4S/c14-13-4-3-12(7-11(13)8-16)20(17,18)15-5-6-19-9-10-1-2-10/h3-4,7,10,15-16H,1-2,5-6,8-9H2. The number of halogens is 1. The van der Waals surface area contributed by atoms with Crippen molar-refractivity contribution >= 4 is 10.0 Å². The van der Waals surface area contributed by atoms with Gasteiger partial charge in [0.1, 0.15) is 5.82 Å². The van der Waals surface area contributed by atoms with E-state index in [-0.39, 0.29) is 17.0 Å². The highest BCUT2D eigenvalue weighted by molar-refractivity contribution is 7.89. The second-order valence-corrected chi connectivity index (χ2v) is 6.59. The highest BCUT2D eigenvalue weighted by Gasteiger charge is 2.21. The molecule has 1 aliphatic carbocycles. The molecule has 1 aromatic carbocycles. The van der Waals surface area contributed by atoms with E-state index in [0.29, 0.717) is 19.1 Å². The Kier molecular flexibility index (Phi) is 5.09. The molecule has 0 bridgehead atoms. The zero-order valence-corrected chi connectivity index (χ0v) is 11.8. The molecule has 0 radical (unpaired) electrons. The van der Waals surface area contributed by atoms with E-state index in [0.717, 1.165) is 12.1 Å². The lowest BCUT2D eigenvalue weighted by Crippen LogP contribution is -2.27. The third-order valence-electron chi connectivity index (χ3n) is 3.09. The molecular formula is C13H18FNO4S. The van der Waals surface area contributed by atoms with E-state index < -0.39 is 22.4 Å². The second kappa shape index (κ2) is 6.62. The molecule has 0 saturated heterocycles. The maximum Gasteiger partial charge on any atom is 0.240 e. The molecule has 0 unspecified atom stereocenters. The molecule has 0 heterocycles. The molecular weight excluding hydrogens is 285 g/mol. The number of nitrogens with one attached hydrogen (secondary N) is 1. The Labute approximate surface area is 117 Å². The largest absolute Gasteiger partial charge is 0.392 e. The first-order valence-corrected chi connectivity index (χ1v) is 7.98. The Morgan fingerprint density at radius 2 is 2.15 bits per heavy atom. The molecule has 20 heavy (non-hydrogen) atoms. The number of sulfonamides is 1. The summed E-state index contributed by atoms with van der Waals surface area (Å²) in [4.78, 5) is -0.0647. The monoisotopic (exact) mass is 303 g/mol. The zero-order chi connectivity index (χ0) is 14.6. The van der Waals surface area contributed by atoms with Gasteiger partial charge >= 0.3 is 0 Å². The summed E-state index contributed by atoms with van der Waals surface area (Å²) >= 11 is 0. The van der Waals surface area contributed by atoms with Crippen molar-refractivity contribution in [2.75, 3.05) is 19.8 Å². The molecule has 2 N–H and O–H groups in total. The summed E-state index contributed by atoms with van der Waals surface area (Å²) in [5, 5.41) is 8.94. The van der Waals surface area contributed by atoms with Crippen LogP contribution in [0.25, 0.3) is 0 Å². The Bertz CT molecular complexity index is 557. The van der Waals surface area contributed by atoms with Crippen molar-refractivity contribution in [3.8, 4) is 0 Å². The molecule has 0 aromatic heterocycles. The van der Waals surface area contributed by atoms with Crippen LogP contribution in [0.2, 0.25) is 0 Å². The van der Waals surface area contributed by atoms with Crippen LogP contribution in [0.1, 0.15) is 18.4 Å². The minimum Gasteiger partial charge on any atom is -0.392 e. The van der Waals surface area contributed by atoms with Gasteiger partial charge in [-0.3, -0.25) is 0 Å². The molecule has 1 aromatic rings. The molecule has 1 aliphatic rings. The van der Waals surface area contributed by atoms with Gasteiger partial charge in [-0.2, -0.15) is 0 Å². The van der Waals surface area contributed by atoms with Gasteiger partial charge in [0.2, 0.25) is 10.0 Å². The number of benzene rings is 1. The highest BCUT2D eigenvalue weighted by atomic mass is 32.2. The van der Waals surface area contributed by atoms with Crippen LogP contribution in [0.15, 0.2) is 23.1 Å². The van der Waals surface area contributed by atoms with Crippen LogP contribution in [0.5, 0.6) is 0 Å². The van der Waals surface area contributed by atoms with Crippen LogP contribution in [-0.4, -0.2) is 33.3 Å². The minimum atomic E-state index is -3.70. The van der Waals surface area contributed by atoms with E-state index in [1.54, 1.807) is 0 Å². The van der Waals surface area contributed by atoms with Crippen molar-refractivity contribution in [2.45, 2.75) is 24.3 Å². The summed E-state index contributed by atoms with van der Waals surface area (Å²) in [6.07, 6.45) is 2.37. The van der Waals surface area contributed by atoms with Gasteiger partial charge in [-0.05, 0) is 37.0 Å². The molecule has 0 spiro atoms. The lowest BCUT2D eigenvalue weighted by molar-refractivity contribution is 0.129. The van der Waals surface area contributed by atoms with Gasteiger partial charge in [0.25, 0.3) is 0 Å². The Hall–Kier alpha value is -1.02. The summed E-state index contributed by atoms with van der Waals surface area (Å²) in [5.74, 6) is 0.00929. The summed E-state index contributed by atoms with van der Waals surface area (Å²) in [7, 11) is -3.70. The zero-order valence-electron chi connectivity index (χ0n) is 11.0. The first-order valence-electron chi connectivity index (χ1n) is 6.49. The predicted molar refractivity (Wildman–Crippen MR) is 71.1 cm³/mol. The predicted octanol–water partition coefficient (Wildman–Crippen LogP) is 1.02. The summed E-state index contributed by atoms with van der Waals surface area (Å²) in [6, 6.07) is 3.33. The summed E-state index contributed by atoms with van der Waals surface area (Å²) in [5.41, 5.74) is -0.0436. The Morgan fingerprint density at radius 1 is 1.40 bits per heavy atom. The number of hydrogen-bond acceptors (Lipinski definition) is 4. The van der Waals surface area contributed by atoms with Crippen LogP contribution >= 0.6 is 0 Å². The Balaban J connectivity index is 1.88. The average molecular weight is 303 g/mol. The Morgan fingerprint density at radius 3 is 2.80 bits per heavy atom. The second-order valence-electron chi connectivity index (χ2n) is 4.83. The van der Waals surface area contributed by atoms with E-state index in [1.165, 1.54) is 18.9 Å².